The molecule has 0 aliphatic rings. The zero-order valence-electron chi connectivity index (χ0n) is 11.9. The van der Waals surface area contributed by atoms with E-state index in [2.05, 4.69) is 5.32 Å². The predicted molar refractivity (Wildman–Crippen MR) is 72.7 cm³/mol. The molecular formula is C13H18N2O5. The lowest BCUT2D eigenvalue weighted by molar-refractivity contribution is -0.385. The van der Waals surface area contributed by atoms with E-state index in [0.29, 0.717) is 5.56 Å². The number of alkyl carbamates (subject to hydrolysis) is 1. The molecule has 7 heteroatoms. The summed E-state index contributed by atoms with van der Waals surface area (Å²) >= 11 is 0. The van der Waals surface area contributed by atoms with Gasteiger partial charge in [0, 0.05) is 12.6 Å². The molecule has 0 saturated carbocycles. The molecule has 1 N–H and O–H groups in total. The third kappa shape index (κ3) is 4.75. The fourth-order valence-electron chi connectivity index (χ4n) is 1.48. The first kappa shape index (κ1) is 15.7. The van der Waals surface area contributed by atoms with Crippen LogP contribution in [-0.4, -0.2) is 23.7 Å². The largest absolute Gasteiger partial charge is 0.490 e. The van der Waals surface area contributed by atoms with E-state index in [1.807, 2.05) is 0 Å². The molecule has 0 fully saturated rings. The van der Waals surface area contributed by atoms with Gasteiger partial charge in [0.1, 0.15) is 5.60 Å². The fourth-order valence-corrected chi connectivity index (χ4v) is 1.48. The van der Waals surface area contributed by atoms with Crippen molar-refractivity contribution in [3.05, 3.63) is 33.9 Å². The van der Waals surface area contributed by atoms with Crippen LogP contribution in [0.2, 0.25) is 0 Å². The number of nitrogens with zero attached hydrogens (tertiary/aromatic N) is 1. The zero-order valence-corrected chi connectivity index (χ0v) is 11.9. The van der Waals surface area contributed by atoms with Gasteiger partial charge in [0.05, 0.1) is 12.0 Å². The van der Waals surface area contributed by atoms with Gasteiger partial charge in [0.2, 0.25) is 0 Å². The summed E-state index contributed by atoms with van der Waals surface area (Å²) in [7, 11) is 1.36. The van der Waals surface area contributed by atoms with E-state index in [1.165, 1.54) is 19.2 Å². The SMILES string of the molecule is COc1ccc(CNC(=O)OC(C)(C)C)cc1[N+](=O)[O-]. The third-order valence-electron chi connectivity index (χ3n) is 2.28. The van der Waals surface area contributed by atoms with Crippen LogP contribution in [0.5, 0.6) is 5.75 Å². The Hall–Kier alpha value is -2.31. The number of amides is 1. The predicted octanol–water partition coefficient (Wildman–Crippen LogP) is 2.63. The molecule has 0 radical (unpaired) electrons. The Bertz CT molecular complexity index is 508. The summed E-state index contributed by atoms with van der Waals surface area (Å²) in [4.78, 5) is 21.8. The van der Waals surface area contributed by atoms with Gasteiger partial charge in [-0.05, 0) is 32.4 Å². The van der Waals surface area contributed by atoms with Crippen LogP contribution in [0.15, 0.2) is 18.2 Å². The number of nitrogens with one attached hydrogen (secondary N) is 1. The summed E-state index contributed by atoms with van der Waals surface area (Å²) in [6.07, 6.45) is -0.573. The van der Waals surface area contributed by atoms with Crippen molar-refractivity contribution in [3.8, 4) is 5.75 Å². The van der Waals surface area contributed by atoms with Crippen molar-refractivity contribution in [1.29, 1.82) is 0 Å². The first-order valence-corrected chi connectivity index (χ1v) is 6.01. The van der Waals surface area contributed by atoms with Crippen LogP contribution in [0.1, 0.15) is 26.3 Å². The van der Waals surface area contributed by atoms with Crippen molar-refractivity contribution in [1.82, 2.24) is 5.32 Å². The van der Waals surface area contributed by atoms with E-state index in [-0.39, 0.29) is 18.0 Å². The molecule has 1 amide bonds. The molecule has 0 spiro atoms. The lowest BCUT2D eigenvalue weighted by Crippen LogP contribution is -2.32. The summed E-state index contributed by atoms with van der Waals surface area (Å²) in [5.74, 6) is 0.177. The molecule has 0 aliphatic carbocycles. The number of carbonyl (C=O) groups excluding carboxylic acids is 1. The summed E-state index contributed by atoms with van der Waals surface area (Å²) in [6, 6.07) is 4.49. The van der Waals surface area contributed by atoms with Crippen LogP contribution >= 0.6 is 0 Å². The Balaban J connectivity index is 2.72. The number of hydrogen-bond acceptors (Lipinski definition) is 5. The van der Waals surface area contributed by atoms with Crippen LogP contribution < -0.4 is 10.1 Å². The number of methoxy groups -OCH3 is 1. The normalized spacial score (nSPS) is 10.8. The fraction of sp³-hybridized carbons (Fsp3) is 0.462. The van der Waals surface area contributed by atoms with Crippen molar-refractivity contribution in [2.75, 3.05) is 7.11 Å². The van der Waals surface area contributed by atoms with Crippen molar-refractivity contribution in [3.63, 3.8) is 0 Å². The molecule has 0 heterocycles. The van der Waals surface area contributed by atoms with Gasteiger partial charge < -0.3 is 14.8 Å². The highest BCUT2D eigenvalue weighted by Crippen LogP contribution is 2.27. The van der Waals surface area contributed by atoms with Gasteiger partial charge in [0.15, 0.2) is 5.75 Å². The minimum atomic E-state index is -0.587. The van der Waals surface area contributed by atoms with Gasteiger partial charge in [0.25, 0.3) is 0 Å². The second-order valence-electron chi connectivity index (χ2n) is 5.12. The second-order valence-corrected chi connectivity index (χ2v) is 5.12. The molecule has 0 bridgehead atoms. The lowest BCUT2D eigenvalue weighted by atomic mass is 10.2. The van der Waals surface area contributed by atoms with Gasteiger partial charge in [-0.25, -0.2) is 4.79 Å². The maximum absolute atomic E-state index is 11.5. The summed E-state index contributed by atoms with van der Waals surface area (Å²) < 4.78 is 9.97. The minimum absolute atomic E-state index is 0.139. The number of hydrogen-bond donors (Lipinski definition) is 1. The smallest absolute Gasteiger partial charge is 0.407 e. The molecule has 20 heavy (non-hydrogen) atoms. The number of nitro groups is 1. The maximum Gasteiger partial charge on any atom is 0.407 e. The van der Waals surface area contributed by atoms with E-state index in [4.69, 9.17) is 9.47 Å². The minimum Gasteiger partial charge on any atom is -0.490 e. The molecule has 110 valence electrons. The van der Waals surface area contributed by atoms with Crippen LogP contribution in [0.3, 0.4) is 0 Å². The number of rotatable bonds is 4. The molecule has 1 aromatic rings. The molecule has 0 saturated heterocycles. The summed E-state index contributed by atoms with van der Waals surface area (Å²) in [6.45, 7) is 5.40. The average molecular weight is 282 g/mol. The Morgan fingerprint density at radius 3 is 2.55 bits per heavy atom. The molecule has 0 aromatic heterocycles. The van der Waals surface area contributed by atoms with Gasteiger partial charge in [-0.15, -0.1) is 0 Å². The number of ether oxygens (including phenoxy) is 2. The van der Waals surface area contributed by atoms with E-state index in [9.17, 15) is 14.9 Å². The molecule has 0 atom stereocenters. The van der Waals surface area contributed by atoms with Crippen molar-refractivity contribution in [2.45, 2.75) is 32.9 Å². The maximum atomic E-state index is 11.5. The topological polar surface area (TPSA) is 90.7 Å². The van der Waals surface area contributed by atoms with Crippen LogP contribution in [-0.2, 0) is 11.3 Å². The van der Waals surface area contributed by atoms with Gasteiger partial charge in [-0.3, -0.25) is 10.1 Å². The zero-order chi connectivity index (χ0) is 15.3. The first-order chi connectivity index (χ1) is 9.23. The molecular weight excluding hydrogens is 264 g/mol. The number of carbonyl (C=O) groups is 1. The summed E-state index contributed by atoms with van der Waals surface area (Å²) in [5, 5.41) is 13.4. The van der Waals surface area contributed by atoms with Gasteiger partial charge >= 0.3 is 11.8 Å². The van der Waals surface area contributed by atoms with E-state index in [1.54, 1.807) is 26.8 Å². The number of nitro benzene ring substituents is 1. The van der Waals surface area contributed by atoms with Gasteiger partial charge in [-0.1, -0.05) is 6.07 Å². The van der Waals surface area contributed by atoms with Crippen LogP contribution in [0.25, 0.3) is 0 Å². The van der Waals surface area contributed by atoms with Crippen molar-refractivity contribution in [2.24, 2.45) is 0 Å². The summed E-state index contributed by atoms with van der Waals surface area (Å²) in [5.41, 5.74) is -0.143. The van der Waals surface area contributed by atoms with E-state index < -0.39 is 16.6 Å². The van der Waals surface area contributed by atoms with Crippen molar-refractivity contribution < 1.29 is 19.2 Å². The highest BCUT2D eigenvalue weighted by atomic mass is 16.6. The van der Waals surface area contributed by atoms with E-state index >= 15 is 0 Å². The molecule has 1 rings (SSSR count). The van der Waals surface area contributed by atoms with E-state index in [0.717, 1.165) is 0 Å². The Morgan fingerprint density at radius 1 is 1.40 bits per heavy atom. The second kappa shape index (κ2) is 6.23. The quantitative estimate of drug-likeness (QED) is 0.677. The Labute approximate surface area is 117 Å². The monoisotopic (exact) mass is 282 g/mol. The molecule has 0 aliphatic heterocycles. The number of benzene rings is 1. The third-order valence-corrected chi connectivity index (χ3v) is 2.28. The standard InChI is InChI=1S/C13H18N2O5/c1-13(2,3)20-12(16)14-8-9-5-6-11(19-4)10(7-9)15(17)18/h5-7H,8H2,1-4H3,(H,14,16). The first-order valence-electron chi connectivity index (χ1n) is 6.01. The van der Waals surface area contributed by atoms with Crippen LogP contribution in [0, 0.1) is 10.1 Å². The lowest BCUT2D eigenvalue weighted by Gasteiger charge is -2.19. The highest BCUT2D eigenvalue weighted by Gasteiger charge is 2.17. The Kier molecular flexibility index (Phi) is 4.90. The molecule has 1 aromatic carbocycles. The van der Waals surface area contributed by atoms with Crippen LogP contribution in [0.4, 0.5) is 10.5 Å². The highest BCUT2D eigenvalue weighted by molar-refractivity contribution is 5.67. The Morgan fingerprint density at radius 2 is 2.05 bits per heavy atom. The average Bonchev–Trinajstić information content (AvgIpc) is 2.33. The van der Waals surface area contributed by atoms with Crippen molar-refractivity contribution >= 4 is 11.8 Å². The van der Waals surface area contributed by atoms with Gasteiger partial charge in [-0.2, -0.15) is 0 Å². The molecule has 0 unspecified atom stereocenters. The molecule has 7 nitrogen and oxygen atoms in total.